The van der Waals surface area contributed by atoms with E-state index >= 15 is 0 Å². The molecule has 0 bridgehead atoms. The normalized spacial score (nSPS) is 21.1. The lowest BCUT2D eigenvalue weighted by Crippen LogP contribution is -2.45. The highest BCUT2D eigenvalue weighted by Gasteiger charge is 2.34. The van der Waals surface area contributed by atoms with Crippen molar-refractivity contribution in [3.63, 3.8) is 0 Å². The molecule has 1 aromatic heterocycles. The van der Waals surface area contributed by atoms with Gasteiger partial charge in [0.1, 0.15) is 5.69 Å². The van der Waals surface area contributed by atoms with Crippen LogP contribution in [-0.4, -0.2) is 21.9 Å². The van der Waals surface area contributed by atoms with E-state index in [-0.39, 0.29) is 11.1 Å². The quantitative estimate of drug-likeness (QED) is 0.871. The maximum Gasteiger partial charge on any atom is 0.291 e. The van der Waals surface area contributed by atoms with Crippen molar-refractivity contribution in [1.82, 2.24) is 9.78 Å². The molecule has 0 saturated heterocycles. The molecule has 2 saturated carbocycles. The number of nitrogens with zero attached hydrogens (tertiary/aromatic N) is 2. The van der Waals surface area contributed by atoms with Gasteiger partial charge in [0.25, 0.3) is 5.56 Å². The van der Waals surface area contributed by atoms with Crippen molar-refractivity contribution >= 4 is 17.3 Å². The predicted octanol–water partition coefficient (Wildman–Crippen LogP) is 1.99. The maximum atomic E-state index is 12.5. The number of aromatic nitrogens is 2. The third-order valence-electron chi connectivity index (χ3n) is 4.47. The summed E-state index contributed by atoms with van der Waals surface area (Å²) < 4.78 is 1.53. The first-order valence-electron chi connectivity index (χ1n) is 7.37. The lowest BCUT2D eigenvalue weighted by molar-refractivity contribution is 0.487. The standard InChI is InChI=1S/C14H21ClN4O/c15-11-7-17-19(8-10-3-4-10)13(20)12(11)18-14(9-16)5-1-2-6-14/h7,10,18H,1-6,8-9,16H2. The van der Waals surface area contributed by atoms with Gasteiger partial charge < -0.3 is 11.1 Å². The number of rotatable bonds is 5. The molecule has 0 unspecified atom stereocenters. The Kier molecular flexibility index (Phi) is 3.73. The molecule has 20 heavy (non-hydrogen) atoms. The number of hydrogen-bond donors (Lipinski definition) is 2. The van der Waals surface area contributed by atoms with Crippen LogP contribution in [0.3, 0.4) is 0 Å². The van der Waals surface area contributed by atoms with Crippen LogP contribution in [0.2, 0.25) is 5.02 Å². The van der Waals surface area contributed by atoms with E-state index in [9.17, 15) is 4.79 Å². The van der Waals surface area contributed by atoms with Crippen molar-refractivity contribution in [1.29, 1.82) is 0 Å². The molecule has 3 rings (SSSR count). The lowest BCUT2D eigenvalue weighted by atomic mass is 9.97. The molecule has 1 aromatic rings. The molecule has 3 N–H and O–H groups in total. The average Bonchev–Trinajstić information content (AvgIpc) is 3.14. The van der Waals surface area contributed by atoms with Crippen molar-refractivity contribution in [3.05, 3.63) is 21.6 Å². The highest BCUT2D eigenvalue weighted by molar-refractivity contribution is 6.33. The van der Waals surface area contributed by atoms with Crippen LogP contribution in [0, 0.1) is 5.92 Å². The average molecular weight is 297 g/mol. The van der Waals surface area contributed by atoms with E-state index in [2.05, 4.69) is 10.4 Å². The second-order valence-corrected chi connectivity index (χ2v) is 6.52. The van der Waals surface area contributed by atoms with E-state index in [1.54, 1.807) is 6.20 Å². The van der Waals surface area contributed by atoms with E-state index in [4.69, 9.17) is 17.3 Å². The van der Waals surface area contributed by atoms with Crippen LogP contribution in [0.25, 0.3) is 0 Å². The summed E-state index contributed by atoms with van der Waals surface area (Å²) in [6, 6.07) is 0. The molecule has 6 heteroatoms. The Morgan fingerprint density at radius 1 is 1.45 bits per heavy atom. The van der Waals surface area contributed by atoms with E-state index < -0.39 is 0 Å². The van der Waals surface area contributed by atoms with Gasteiger partial charge in [-0.25, -0.2) is 4.68 Å². The molecule has 0 aliphatic heterocycles. The molecule has 110 valence electrons. The molecule has 1 heterocycles. The van der Waals surface area contributed by atoms with Crippen molar-refractivity contribution in [3.8, 4) is 0 Å². The largest absolute Gasteiger partial charge is 0.373 e. The molecule has 2 fully saturated rings. The summed E-state index contributed by atoms with van der Waals surface area (Å²) in [7, 11) is 0. The fraction of sp³-hybridized carbons (Fsp3) is 0.714. The van der Waals surface area contributed by atoms with Gasteiger partial charge in [-0.1, -0.05) is 24.4 Å². The third-order valence-corrected chi connectivity index (χ3v) is 4.75. The number of hydrogen-bond acceptors (Lipinski definition) is 4. The molecular formula is C14H21ClN4O. The van der Waals surface area contributed by atoms with Crippen molar-refractivity contribution in [2.24, 2.45) is 11.7 Å². The summed E-state index contributed by atoms with van der Waals surface area (Å²) in [4.78, 5) is 12.5. The minimum Gasteiger partial charge on any atom is -0.373 e. The fourth-order valence-electron chi connectivity index (χ4n) is 2.95. The Hall–Kier alpha value is -1.07. The van der Waals surface area contributed by atoms with Crippen LogP contribution in [0.1, 0.15) is 38.5 Å². The first kappa shape index (κ1) is 13.9. The second kappa shape index (κ2) is 5.37. The summed E-state index contributed by atoms with van der Waals surface area (Å²) >= 11 is 6.17. The summed E-state index contributed by atoms with van der Waals surface area (Å²) in [6.07, 6.45) is 8.20. The zero-order valence-corrected chi connectivity index (χ0v) is 12.3. The summed E-state index contributed by atoms with van der Waals surface area (Å²) in [6.45, 7) is 1.22. The van der Waals surface area contributed by atoms with Gasteiger partial charge in [-0.2, -0.15) is 5.10 Å². The molecule has 0 amide bonds. The molecule has 2 aliphatic carbocycles. The van der Waals surface area contributed by atoms with Gasteiger partial charge in [0, 0.05) is 18.6 Å². The predicted molar refractivity (Wildman–Crippen MR) is 80.1 cm³/mol. The van der Waals surface area contributed by atoms with E-state index in [1.165, 1.54) is 17.5 Å². The molecule has 2 aliphatic rings. The molecule has 0 atom stereocenters. The molecule has 0 radical (unpaired) electrons. The van der Waals surface area contributed by atoms with E-state index in [1.807, 2.05) is 0 Å². The highest BCUT2D eigenvalue weighted by Crippen LogP contribution is 2.33. The molecule has 5 nitrogen and oxygen atoms in total. The zero-order valence-electron chi connectivity index (χ0n) is 11.6. The van der Waals surface area contributed by atoms with Crippen LogP contribution < -0.4 is 16.6 Å². The van der Waals surface area contributed by atoms with Crippen LogP contribution in [-0.2, 0) is 6.54 Å². The van der Waals surface area contributed by atoms with Crippen molar-refractivity contribution in [2.45, 2.75) is 50.6 Å². The van der Waals surface area contributed by atoms with Crippen LogP contribution in [0.5, 0.6) is 0 Å². The monoisotopic (exact) mass is 296 g/mol. The molecule has 0 spiro atoms. The Morgan fingerprint density at radius 3 is 2.75 bits per heavy atom. The van der Waals surface area contributed by atoms with Gasteiger partial charge in [0.15, 0.2) is 0 Å². The number of anilines is 1. The zero-order chi connectivity index (χ0) is 14.2. The van der Waals surface area contributed by atoms with E-state index in [0.29, 0.717) is 29.7 Å². The summed E-state index contributed by atoms with van der Waals surface area (Å²) in [5.74, 6) is 0.601. The van der Waals surface area contributed by atoms with Gasteiger partial charge in [-0.15, -0.1) is 0 Å². The van der Waals surface area contributed by atoms with Gasteiger partial charge >= 0.3 is 0 Å². The van der Waals surface area contributed by atoms with Gasteiger partial charge in [-0.3, -0.25) is 4.79 Å². The fourth-order valence-corrected chi connectivity index (χ4v) is 3.13. The Balaban J connectivity index is 1.89. The van der Waals surface area contributed by atoms with Crippen LogP contribution in [0.4, 0.5) is 5.69 Å². The van der Waals surface area contributed by atoms with Crippen molar-refractivity contribution in [2.75, 3.05) is 11.9 Å². The highest BCUT2D eigenvalue weighted by atomic mass is 35.5. The maximum absolute atomic E-state index is 12.5. The minimum atomic E-state index is -0.179. The minimum absolute atomic E-state index is 0.121. The summed E-state index contributed by atoms with van der Waals surface area (Å²) in [5.41, 5.74) is 6.08. The smallest absolute Gasteiger partial charge is 0.291 e. The first-order chi connectivity index (χ1) is 9.63. The summed E-state index contributed by atoms with van der Waals surface area (Å²) in [5, 5.41) is 7.88. The SMILES string of the molecule is NCC1(Nc2c(Cl)cnn(CC3CC3)c2=O)CCCC1. The number of nitrogens with two attached hydrogens (primary N) is 1. The number of halogens is 1. The van der Waals surface area contributed by atoms with Crippen LogP contribution in [0.15, 0.2) is 11.0 Å². The van der Waals surface area contributed by atoms with E-state index in [0.717, 1.165) is 25.7 Å². The topological polar surface area (TPSA) is 72.9 Å². The van der Waals surface area contributed by atoms with Crippen LogP contribution >= 0.6 is 11.6 Å². The lowest BCUT2D eigenvalue weighted by Gasteiger charge is -2.30. The molecular weight excluding hydrogens is 276 g/mol. The first-order valence-corrected chi connectivity index (χ1v) is 7.75. The molecule has 0 aromatic carbocycles. The Labute approximate surface area is 123 Å². The Bertz CT molecular complexity index is 547. The second-order valence-electron chi connectivity index (χ2n) is 6.11. The van der Waals surface area contributed by atoms with Crippen molar-refractivity contribution < 1.29 is 0 Å². The van der Waals surface area contributed by atoms with Gasteiger partial charge in [0.05, 0.1) is 11.2 Å². The third kappa shape index (κ3) is 2.69. The van der Waals surface area contributed by atoms with Gasteiger partial charge in [0.2, 0.25) is 0 Å². The van der Waals surface area contributed by atoms with Gasteiger partial charge in [-0.05, 0) is 31.6 Å². The Morgan fingerprint density at radius 2 is 2.15 bits per heavy atom. The number of nitrogens with one attached hydrogen (secondary N) is 1.